The lowest BCUT2D eigenvalue weighted by atomic mass is 10.0. The number of aliphatic hydroxyl groups is 1. The van der Waals surface area contributed by atoms with E-state index in [1.54, 1.807) is 6.08 Å². The average molecular weight is 255 g/mol. The minimum absolute atomic E-state index is 0.120. The molecule has 0 aliphatic carbocycles. The van der Waals surface area contributed by atoms with Crippen LogP contribution in [0.25, 0.3) is 0 Å². The van der Waals surface area contributed by atoms with Crippen LogP contribution in [-0.2, 0) is 9.53 Å². The van der Waals surface area contributed by atoms with Crippen molar-refractivity contribution in [2.45, 2.75) is 38.8 Å². The molecule has 2 aliphatic heterocycles. The Morgan fingerprint density at radius 1 is 1.67 bits per heavy atom. The van der Waals surface area contributed by atoms with E-state index in [2.05, 4.69) is 0 Å². The van der Waals surface area contributed by atoms with Crippen molar-refractivity contribution < 1.29 is 19.3 Å². The zero-order chi connectivity index (χ0) is 13.3. The first kappa shape index (κ1) is 13.5. The first-order valence-corrected chi connectivity index (χ1v) is 6.53. The zero-order valence-corrected chi connectivity index (χ0v) is 11.0. The summed E-state index contributed by atoms with van der Waals surface area (Å²) in [6.45, 7) is 4.64. The van der Waals surface area contributed by atoms with E-state index in [4.69, 9.17) is 4.74 Å². The SMILES string of the molecule is CC(C)CC(=O)OC1CC[N+]2([O-])CC=C(CO)C12. The molecule has 0 aromatic rings. The number of esters is 1. The van der Waals surface area contributed by atoms with E-state index < -0.39 is 0 Å². The summed E-state index contributed by atoms with van der Waals surface area (Å²) in [5.41, 5.74) is 0.727. The molecule has 0 amide bonds. The number of rotatable bonds is 4. The fraction of sp³-hybridized carbons (Fsp3) is 0.769. The Balaban J connectivity index is 2.02. The van der Waals surface area contributed by atoms with Crippen LogP contribution < -0.4 is 0 Å². The maximum atomic E-state index is 12.4. The first-order chi connectivity index (χ1) is 8.46. The number of aliphatic hydroxyl groups excluding tert-OH is 1. The molecule has 3 unspecified atom stereocenters. The predicted octanol–water partition coefficient (Wildman–Crippen LogP) is 0.963. The third-order valence-electron chi connectivity index (χ3n) is 3.73. The van der Waals surface area contributed by atoms with E-state index >= 15 is 0 Å². The quantitative estimate of drug-likeness (QED) is 0.351. The molecule has 0 aromatic carbocycles. The summed E-state index contributed by atoms with van der Waals surface area (Å²) >= 11 is 0. The lowest BCUT2D eigenvalue weighted by Gasteiger charge is -2.40. The second kappa shape index (κ2) is 4.99. The highest BCUT2D eigenvalue weighted by Gasteiger charge is 2.49. The van der Waals surface area contributed by atoms with Gasteiger partial charge in [0, 0.05) is 18.4 Å². The summed E-state index contributed by atoms with van der Waals surface area (Å²) in [7, 11) is 0. The minimum Gasteiger partial charge on any atom is -0.632 e. The van der Waals surface area contributed by atoms with Gasteiger partial charge >= 0.3 is 5.97 Å². The molecule has 2 aliphatic rings. The molecule has 5 heteroatoms. The maximum absolute atomic E-state index is 12.4. The van der Waals surface area contributed by atoms with Crippen LogP contribution in [0.15, 0.2) is 11.6 Å². The number of carbonyl (C=O) groups excluding carboxylic acids is 1. The number of hydrogen-bond acceptors (Lipinski definition) is 4. The van der Waals surface area contributed by atoms with Crippen molar-refractivity contribution in [2.75, 3.05) is 19.7 Å². The number of hydroxylamine groups is 3. The molecule has 102 valence electrons. The Labute approximate surface area is 107 Å². The average Bonchev–Trinajstić information content (AvgIpc) is 2.75. The fourth-order valence-electron chi connectivity index (χ4n) is 2.92. The molecule has 0 spiro atoms. The number of ether oxygens (including phenoxy) is 1. The highest BCUT2D eigenvalue weighted by Crippen LogP contribution is 2.37. The Morgan fingerprint density at radius 3 is 3.00 bits per heavy atom. The molecule has 1 N–H and O–H groups in total. The smallest absolute Gasteiger partial charge is 0.306 e. The topological polar surface area (TPSA) is 69.6 Å². The molecular weight excluding hydrogens is 234 g/mol. The van der Waals surface area contributed by atoms with Crippen LogP contribution >= 0.6 is 0 Å². The highest BCUT2D eigenvalue weighted by atomic mass is 16.6. The molecule has 1 saturated heterocycles. The van der Waals surface area contributed by atoms with E-state index in [1.165, 1.54) is 0 Å². The van der Waals surface area contributed by atoms with Gasteiger partial charge in [-0.25, -0.2) is 0 Å². The summed E-state index contributed by atoms with van der Waals surface area (Å²) in [6, 6.07) is -0.383. The predicted molar refractivity (Wildman–Crippen MR) is 66.3 cm³/mol. The molecule has 0 bridgehead atoms. The van der Waals surface area contributed by atoms with Crippen molar-refractivity contribution in [3.8, 4) is 0 Å². The number of hydrogen-bond donors (Lipinski definition) is 1. The number of quaternary nitrogens is 1. The highest BCUT2D eigenvalue weighted by molar-refractivity contribution is 5.69. The molecule has 2 heterocycles. The summed E-state index contributed by atoms with van der Waals surface area (Å²) in [5, 5.41) is 21.7. The Morgan fingerprint density at radius 2 is 2.39 bits per heavy atom. The monoisotopic (exact) mass is 255 g/mol. The third kappa shape index (κ3) is 2.43. The van der Waals surface area contributed by atoms with Gasteiger partial charge in [0.1, 0.15) is 0 Å². The van der Waals surface area contributed by atoms with Gasteiger partial charge in [-0.3, -0.25) is 4.79 Å². The van der Waals surface area contributed by atoms with Crippen LogP contribution in [-0.4, -0.2) is 47.6 Å². The van der Waals surface area contributed by atoms with Gasteiger partial charge in [-0.1, -0.05) is 13.8 Å². The zero-order valence-electron chi connectivity index (χ0n) is 11.0. The number of carbonyl (C=O) groups is 1. The van der Waals surface area contributed by atoms with E-state index in [0.29, 0.717) is 25.9 Å². The molecule has 2 rings (SSSR count). The van der Waals surface area contributed by atoms with Crippen LogP contribution in [0.1, 0.15) is 26.7 Å². The lowest BCUT2D eigenvalue weighted by Crippen LogP contribution is -2.47. The van der Waals surface area contributed by atoms with Gasteiger partial charge in [-0.15, -0.1) is 0 Å². The van der Waals surface area contributed by atoms with Crippen LogP contribution in [0.3, 0.4) is 0 Å². The van der Waals surface area contributed by atoms with Gasteiger partial charge in [-0.2, -0.15) is 0 Å². The number of nitrogens with zero attached hydrogens (tertiary/aromatic N) is 1. The van der Waals surface area contributed by atoms with Gasteiger partial charge in [-0.05, 0) is 12.0 Å². The maximum Gasteiger partial charge on any atom is 0.306 e. The van der Waals surface area contributed by atoms with Gasteiger partial charge in [0.15, 0.2) is 12.1 Å². The molecule has 0 aromatic heterocycles. The largest absolute Gasteiger partial charge is 0.632 e. The Hall–Kier alpha value is -0.910. The molecule has 1 fully saturated rings. The van der Waals surface area contributed by atoms with Crippen molar-refractivity contribution in [1.29, 1.82) is 0 Å². The number of fused-ring (bicyclic) bond motifs is 1. The molecule has 0 radical (unpaired) electrons. The van der Waals surface area contributed by atoms with E-state index in [0.717, 1.165) is 5.57 Å². The molecular formula is C13H21NO4. The third-order valence-corrected chi connectivity index (χ3v) is 3.73. The minimum atomic E-state index is -0.383. The van der Waals surface area contributed by atoms with Crippen molar-refractivity contribution >= 4 is 5.97 Å². The Bertz CT molecular complexity index is 366. The van der Waals surface area contributed by atoms with Gasteiger partial charge < -0.3 is 19.7 Å². The lowest BCUT2D eigenvalue weighted by molar-refractivity contribution is -0.877. The van der Waals surface area contributed by atoms with Crippen molar-refractivity contribution in [3.05, 3.63) is 16.9 Å². The van der Waals surface area contributed by atoms with Gasteiger partial charge in [0.25, 0.3) is 0 Å². The summed E-state index contributed by atoms with van der Waals surface area (Å²) in [4.78, 5) is 11.7. The van der Waals surface area contributed by atoms with Crippen LogP contribution in [0.5, 0.6) is 0 Å². The van der Waals surface area contributed by atoms with E-state index in [9.17, 15) is 15.1 Å². The second-order valence-corrected chi connectivity index (χ2v) is 5.66. The summed E-state index contributed by atoms with van der Waals surface area (Å²) < 4.78 is 5.06. The van der Waals surface area contributed by atoms with E-state index in [1.807, 2.05) is 13.8 Å². The Kier molecular flexibility index (Phi) is 3.75. The van der Waals surface area contributed by atoms with Gasteiger partial charge in [0.05, 0.1) is 19.7 Å². The molecule has 3 atom stereocenters. The van der Waals surface area contributed by atoms with Crippen molar-refractivity contribution in [3.63, 3.8) is 0 Å². The van der Waals surface area contributed by atoms with Crippen LogP contribution in [0.4, 0.5) is 0 Å². The van der Waals surface area contributed by atoms with Crippen LogP contribution in [0.2, 0.25) is 0 Å². The molecule has 5 nitrogen and oxygen atoms in total. The van der Waals surface area contributed by atoms with Crippen LogP contribution in [0, 0.1) is 11.1 Å². The molecule has 0 saturated carbocycles. The second-order valence-electron chi connectivity index (χ2n) is 5.66. The van der Waals surface area contributed by atoms with Crippen molar-refractivity contribution in [2.24, 2.45) is 5.92 Å². The molecule has 18 heavy (non-hydrogen) atoms. The normalized spacial score (nSPS) is 34.6. The first-order valence-electron chi connectivity index (χ1n) is 6.53. The van der Waals surface area contributed by atoms with Gasteiger partial charge in [0.2, 0.25) is 0 Å². The van der Waals surface area contributed by atoms with E-state index in [-0.39, 0.29) is 35.3 Å². The standard InChI is InChI=1S/C13H21NO4/c1-9(2)7-12(16)18-11-4-6-14(17)5-3-10(8-15)13(11)14/h3,9,11,13,15H,4-8H2,1-2H3. The fourth-order valence-corrected chi connectivity index (χ4v) is 2.92. The van der Waals surface area contributed by atoms with Crippen molar-refractivity contribution in [1.82, 2.24) is 0 Å². The summed E-state index contributed by atoms with van der Waals surface area (Å²) in [5.74, 6) is 0.00877. The summed E-state index contributed by atoms with van der Waals surface area (Å²) in [6.07, 6.45) is 2.39.